The molecule has 19 heavy (non-hydrogen) atoms. The lowest BCUT2D eigenvalue weighted by molar-refractivity contribution is 0.149. The van der Waals surface area contributed by atoms with Crippen LogP contribution in [-0.2, 0) is 4.74 Å². The fraction of sp³-hybridized carbons (Fsp3) is 0.364. The molecular formula is C11H12BrCl3N2O2. The second-order valence-corrected chi connectivity index (χ2v) is 6.78. The molecule has 1 aromatic carbocycles. The highest BCUT2D eigenvalue weighted by Gasteiger charge is 2.34. The lowest BCUT2D eigenvalue weighted by Gasteiger charge is -2.26. The summed E-state index contributed by atoms with van der Waals surface area (Å²) in [4.78, 5) is 11.4. The summed E-state index contributed by atoms with van der Waals surface area (Å²) in [7, 11) is 0. The predicted octanol–water partition coefficient (Wildman–Crippen LogP) is 4.30. The number of halogens is 4. The molecule has 0 spiro atoms. The average molecular weight is 390 g/mol. The largest absolute Gasteiger partial charge is 0.450 e. The molecule has 4 nitrogen and oxygen atoms in total. The number of ether oxygens (including phenoxy) is 1. The second kappa shape index (κ2) is 7.43. The van der Waals surface area contributed by atoms with Crippen molar-refractivity contribution in [2.75, 3.05) is 11.9 Å². The first-order valence-electron chi connectivity index (χ1n) is 5.35. The van der Waals surface area contributed by atoms with Gasteiger partial charge in [-0.3, -0.25) is 5.32 Å². The molecule has 1 unspecified atom stereocenters. The van der Waals surface area contributed by atoms with Crippen LogP contribution in [0, 0.1) is 0 Å². The van der Waals surface area contributed by atoms with E-state index < -0.39 is 16.1 Å². The molecule has 0 saturated heterocycles. The zero-order valence-corrected chi connectivity index (χ0v) is 13.8. The molecule has 0 saturated carbocycles. The van der Waals surface area contributed by atoms with Gasteiger partial charge in [-0.1, -0.05) is 50.7 Å². The fourth-order valence-corrected chi connectivity index (χ4v) is 1.79. The second-order valence-electron chi connectivity index (χ2n) is 3.49. The topological polar surface area (TPSA) is 50.4 Å². The molecule has 0 aliphatic carbocycles. The van der Waals surface area contributed by atoms with Gasteiger partial charge in [-0.25, -0.2) is 4.79 Å². The Kier molecular flexibility index (Phi) is 6.53. The maximum atomic E-state index is 11.4. The first kappa shape index (κ1) is 16.7. The van der Waals surface area contributed by atoms with Crippen molar-refractivity contribution in [1.29, 1.82) is 0 Å². The van der Waals surface area contributed by atoms with Crippen LogP contribution in [0.15, 0.2) is 28.7 Å². The summed E-state index contributed by atoms with van der Waals surface area (Å²) in [6, 6.07) is 7.20. The number of hydrogen-bond donors (Lipinski definition) is 2. The molecule has 1 aromatic rings. The minimum atomic E-state index is -1.72. The minimum Gasteiger partial charge on any atom is -0.450 e. The van der Waals surface area contributed by atoms with E-state index in [1.54, 1.807) is 19.1 Å². The molecular weight excluding hydrogens is 378 g/mol. The number of rotatable bonds is 4. The molecule has 1 amide bonds. The third kappa shape index (κ3) is 6.08. The number of nitrogens with one attached hydrogen (secondary N) is 2. The van der Waals surface area contributed by atoms with Crippen molar-refractivity contribution in [2.24, 2.45) is 0 Å². The third-order valence-corrected chi connectivity index (χ3v) is 3.20. The van der Waals surface area contributed by atoms with Crippen molar-refractivity contribution >= 4 is 62.5 Å². The van der Waals surface area contributed by atoms with Crippen LogP contribution in [0.3, 0.4) is 0 Å². The van der Waals surface area contributed by atoms with E-state index in [1.807, 2.05) is 12.1 Å². The van der Waals surface area contributed by atoms with Crippen LogP contribution in [0.5, 0.6) is 0 Å². The summed E-state index contributed by atoms with van der Waals surface area (Å²) in [5.74, 6) is 0. The smallest absolute Gasteiger partial charge is 0.408 e. The molecule has 8 heteroatoms. The van der Waals surface area contributed by atoms with Crippen molar-refractivity contribution in [3.63, 3.8) is 0 Å². The number of alkyl halides is 3. The van der Waals surface area contributed by atoms with Crippen LogP contribution < -0.4 is 10.6 Å². The lowest BCUT2D eigenvalue weighted by atomic mass is 10.3. The zero-order chi connectivity index (χ0) is 14.5. The first-order chi connectivity index (χ1) is 8.82. The highest BCUT2D eigenvalue weighted by atomic mass is 79.9. The van der Waals surface area contributed by atoms with Gasteiger partial charge in [-0.05, 0) is 31.2 Å². The van der Waals surface area contributed by atoms with Gasteiger partial charge in [0.1, 0.15) is 6.17 Å². The lowest BCUT2D eigenvalue weighted by Crippen LogP contribution is -2.49. The summed E-state index contributed by atoms with van der Waals surface area (Å²) in [6.45, 7) is 1.92. The quantitative estimate of drug-likeness (QED) is 0.595. The summed E-state index contributed by atoms with van der Waals surface area (Å²) >= 11 is 20.8. The molecule has 106 valence electrons. The SMILES string of the molecule is CCOC(=O)NC(Nc1ccc(Br)cc1)C(Cl)(Cl)Cl. The Hall–Kier alpha value is -0.360. The van der Waals surface area contributed by atoms with Crippen LogP contribution in [-0.4, -0.2) is 22.7 Å². The van der Waals surface area contributed by atoms with E-state index in [-0.39, 0.29) is 6.61 Å². The number of hydrogen-bond acceptors (Lipinski definition) is 3. The highest BCUT2D eigenvalue weighted by Crippen LogP contribution is 2.31. The summed E-state index contributed by atoms with van der Waals surface area (Å²) in [5.41, 5.74) is 0.691. The number of amides is 1. The molecule has 1 rings (SSSR count). The van der Waals surface area contributed by atoms with Gasteiger partial charge < -0.3 is 10.1 Å². The number of carbonyl (C=O) groups is 1. The minimum absolute atomic E-state index is 0.233. The van der Waals surface area contributed by atoms with Crippen LogP contribution in [0.2, 0.25) is 0 Å². The maximum Gasteiger partial charge on any atom is 0.408 e. The molecule has 0 aromatic heterocycles. The molecule has 0 aliphatic heterocycles. The molecule has 1 atom stereocenters. The van der Waals surface area contributed by atoms with Gasteiger partial charge in [-0.2, -0.15) is 0 Å². The van der Waals surface area contributed by atoms with Gasteiger partial charge in [0.15, 0.2) is 0 Å². The Labute approximate surface area is 134 Å². The van der Waals surface area contributed by atoms with E-state index in [0.29, 0.717) is 5.69 Å². The monoisotopic (exact) mass is 388 g/mol. The zero-order valence-electron chi connectivity index (χ0n) is 9.92. The predicted molar refractivity (Wildman–Crippen MR) is 82.0 cm³/mol. The van der Waals surface area contributed by atoms with E-state index in [0.717, 1.165) is 4.47 Å². The Morgan fingerprint density at radius 3 is 2.42 bits per heavy atom. The molecule has 2 N–H and O–H groups in total. The highest BCUT2D eigenvalue weighted by molar-refractivity contribution is 9.10. The van der Waals surface area contributed by atoms with Gasteiger partial charge in [0, 0.05) is 10.2 Å². The van der Waals surface area contributed by atoms with Crippen LogP contribution in [0.25, 0.3) is 0 Å². The number of alkyl carbamates (subject to hydrolysis) is 1. The molecule has 0 heterocycles. The Morgan fingerprint density at radius 2 is 1.95 bits per heavy atom. The van der Waals surface area contributed by atoms with Crippen molar-refractivity contribution in [2.45, 2.75) is 16.9 Å². The number of anilines is 1. The van der Waals surface area contributed by atoms with E-state index >= 15 is 0 Å². The fourth-order valence-electron chi connectivity index (χ4n) is 1.20. The summed E-state index contributed by atoms with van der Waals surface area (Å²) < 4.78 is 3.95. The number of benzene rings is 1. The Bertz CT molecular complexity index is 423. The first-order valence-corrected chi connectivity index (χ1v) is 7.27. The van der Waals surface area contributed by atoms with E-state index in [1.165, 1.54) is 0 Å². The number of carbonyl (C=O) groups excluding carboxylic acids is 1. The standard InChI is InChI=1S/C11H12BrCl3N2O2/c1-2-19-10(18)17-9(11(13,14)15)16-8-5-3-7(12)4-6-8/h3-6,9,16H,2H2,1H3,(H,17,18). The van der Waals surface area contributed by atoms with Gasteiger partial charge >= 0.3 is 6.09 Å². The van der Waals surface area contributed by atoms with Gasteiger partial charge in [-0.15, -0.1) is 0 Å². The van der Waals surface area contributed by atoms with E-state index in [4.69, 9.17) is 39.5 Å². The Morgan fingerprint density at radius 1 is 1.37 bits per heavy atom. The van der Waals surface area contributed by atoms with Crippen LogP contribution in [0.4, 0.5) is 10.5 Å². The van der Waals surface area contributed by atoms with Gasteiger partial charge in [0.05, 0.1) is 6.61 Å². The van der Waals surface area contributed by atoms with E-state index in [9.17, 15) is 4.79 Å². The van der Waals surface area contributed by atoms with Crippen molar-refractivity contribution < 1.29 is 9.53 Å². The molecule has 0 bridgehead atoms. The van der Waals surface area contributed by atoms with Crippen molar-refractivity contribution in [3.8, 4) is 0 Å². The molecule has 0 radical (unpaired) electrons. The normalized spacial score (nSPS) is 12.7. The van der Waals surface area contributed by atoms with Gasteiger partial charge in [0.25, 0.3) is 0 Å². The molecule has 0 aliphatic rings. The Balaban J connectivity index is 2.75. The van der Waals surface area contributed by atoms with Crippen molar-refractivity contribution in [1.82, 2.24) is 5.32 Å². The summed E-state index contributed by atoms with van der Waals surface area (Å²) in [6.07, 6.45) is -1.58. The average Bonchev–Trinajstić information content (AvgIpc) is 2.30. The molecule has 0 fully saturated rings. The van der Waals surface area contributed by atoms with Crippen LogP contribution >= 0.6 is 50.7 Å². The third-order valence-electron chi connectivity index (χ3n) is 2.02. The van der Waals surface area contributed by atoms with E-state index in [2.05, 4.69) is 26.6 Å². The summed E-state index contributed by atoms with van der Waals surface area (Å²) in [5, 5.41) is 5.35. The van der Waals surface area contributed by atoms with Crippen LogP contribution in [0.1, 0.15) is 6.92 Å². The maximum absolute atomic E-state index is 11.4. The van der Waals surface area contributed by atoms with Gasteiger partial charge in [0.2, 0.25) is 3.79 Å². The van der Waals surface area contributed by atoms with Crippen molar-refractivity contribution in [3.05, 3.63) is 28.7 Å².